The number of anilines is 3. The second kappa shape index (κ2) is 6.49. The lowest BCUT2D eigenvalue weighted by molar-refractivity contribution is 0.919. The third-order valence-corrected chi connectivity index (χ3v) is 3.58. The van der Waals surface area contributed by atoms with Crippen LogP contribution >= 0.6 is 0 Å². The Kier molecular flexibility index (Phi) is 4.23. The maximum absolute atomic E-state index is 7.28. The first-order chi connectivity index (χ1) is 11.7. The molecule has 0 aliphatic rings. The van der Waals surface area contributed by atoms with Crippen LogP contribution in [0.15, 0.2) is 29.5 Å². The minimum Gasteiger partial charge on any atom is -0.371 e. The minimum absolute atomic E-state index is 0.190. The fourth-order valence-corrected chi connectivity index (χ4v) is 2.49. The summed E-state index contributed by atoms with van der Waals surface area (Å²) in [6.07, 6.45) is 2.77. The van der Waals surface area contributed by atoms with Crippen molar-refractivity contribution in [3.8, 4) is 11.3 Å². The Labute approximate surface area is 138 Å². The van der Waals surface area contributed by atoms with Crippen molar-refractivity contribution in [1.29, 1.82) is 5.53 Å². The van der Waals surface area contributed by atoms with Crippen molar-refractivity contribution in [2.45, 2.75) is 13.3 Å². The van der Waals surface area contributed by atoms with Crippen LogP contribution in [0.4, 0.5) is 23.3 Å². The zero-order chi connectivity index (χ0) is 17.1. The molecule has 0 unspecified atom stereocenters. The molecular weight excluding hydrogens is 306 g/mol. The lowest BCUT2D eigenvalue weighted by Gasteiger charge is -2.10. The molecule has 0 amide bonds. The van der Waals surface area contributed by atoms with E-state index < -0.39 is 0 Å². The average molecular weight is 325 g/mol. The molecule has 9 nitrogen and oxygen atoms in total. The van der Waals surface area contributed by atoms with Crippen molar-refractivity contribution >= 4 is 28.8 Å². The fourth-order valence-electron chi connectivity index (χ4n) is 2.49. The van der Waals surface area contributed by atoms with E-state index in [1.54, 1.807) is 17.6 Å². The normalized spacial score (nSPS) is 10.8. The van der Waals surface area contributed by atoms with Crippen LogP contribution in [0.2, 0.25) is 0 Å². The molecule has 3 heterocycles. The van der Waals surface area contributed by atoms with Crippen LogP contribution in [0.5, 0.6) is 0 Å². The van der Waals surface area contributed by atoms with Gasteiger partial charge in [-0.3, -0.25) is 0 Å². The summed E-state index contributed by atoms with van der Waals surface area (Å²) >= 11 is 0. The van der Waals surface area contributed by atoms with Crippen molar-refractivity contribution in [2.75, 3.05) is 30.0 Å². The van der Waals surface area contributed by atoms with Crippen LogP contribution in [-0.2, 0) is 0 Å². The van der Waals surface area contributed by atoms with Crippen molar-refractivity contribution < 1.29 is 0 Å². The smallest absolute Gasteiger partial charge is 0.240 e. The van der Waals surface area contributed by atoms with E-state index in [4.69, 9.17) is 11.3 Å². The number of rotatable bonds is 6. The molecule has 3 aromatic rings. The Morgan fingerprint density at radius 1 is 1.25 bits per heavy atom. The van der Waals surface area contributed by atoms with Crippen LogP contribution in [0.3, 0.4) is 0 Å². The first-order valence-corrected chi connectivity index (χ1v) is 7.63. The van der Waals surface area contributed by atoms with Gasteiger partial charge in [0.05, 0.1) is 5.69 Å². The highest BCUT2D eigenvalue weighted by atomic mass is 15.3. The van der Waals surface area contributed by atoms with E-state index in [0.717, 1.165) is 29.7 Å². The van der Waals surface area contributed by atoms with Gasteiger partial charge in [-0.25, -0.2) is 15.0 Å². The van der Waals surface area contributed by atoms with Crippen LogP contribution < -0.4 is 16.4 Å². The topological polar surface area (TPSA) is 129 Å². The van der Waals surface area contributed by atoms with Gasteiger partial charge in [-0.2, -0.15) is 10.1 Å². The first-order valence-electron chi connectivity index (χ1n) is 7.63. The largest absolute Gasteiger partial charge is 0.371 e. The number of hydrogen-bond donors (Lipinski definition) is 4. The van der Waals surface area contributed by atoms with Crippen LogP contribution in [-0.4, -0.2) is 33.2 Å². The van der Waals surface area contributed by atoms with E-state index in [2.05, 4.69) is 37.7 Å². The van der Waals surface area contributed by atoms with Crippen LogP contribution in [0.1, 0.15) is 13.3 Å². The number of aromatic nitrogens is 4. The first kappa shape index (κ1) is 15.7. The van der Waals surface area contributed by atoms with Crippen molar-refractivity contribution in [3.05, 3.63) is 24.4 Å². The summed E-state index contributed by atoms with van der Waals surface area (Å²) in [6.45, 7) is 2.83. The maximum Gasteiger partial charge on any atom is 0.240 e. The number of hydrogen-bond acceptors (Lipinski definition) is 8. The lowest BCUT2D eigenvalue weighted by Crippen LogP contribution is -2.06. The Morgan fingerprint density at radius 2 is 2.08 bits per heavy atom. The summed E-state index contributed by atoms with van der Waals surface area (Å²) in [5.74, 6) is 1.41. The highest BCUT2D eigenvalue weighted by Gasteiger charge is 2.15. The number of nitrogens with zero attached hydrogens (tertiary/aromatic N) is 5. The predicted molar refractivity (Wildman–Crippen MR) is 93.8 cm³/mol. The van der Waals surface area contributed by atoms with Crippen molar-refractivity contribution in [2.24, 2.45) is 5.11 Å². The Balaban J connectivity index is 2.15. The van der Waals surface area contributed by atoms with E-state index in [1.165, 1.54) is 0 Å². The fraction of sp³-hybridized carbons (Fsp3) is 0.267. The van der Waals surface area contributed by atoms with E-state index >= 15 is 0 Å². The lowest BCUT2D eigenvalue weighted by atomic mass is 10.1. The molecule has 24 heavy (non-hydrogen) atoms. The number of nitrogens with two attached hydrogens (primary N) is 1. The molecule has 124 valence electrons. The van der Waals surface area contributed by atoms with Crippen LogP contribution in [0.25, 0.3) is 16.8 Å². The van der Waals surface area contributed by atoms with Gasteiger partial charge in [0.2, 0.25) is 5.95 Å². The van der Waals surface area contributed by atoms with E-state index in [1.807, 2.05) is 18.3 Å². The number of nitrogen functional groups attached to an aromatic ring is 1. The second-order valence-corrected chi connectivity index (χ2v) is 5.19. The zero-order valence-corrected chi connectivity index (χ0v) is 13.5. The van der Waals surface area contributed by atoms with Gasteiger partial charge < -0.3 is 16.4 Å². The minimum atomic E-state index is 0.190. The monoisotopic (exact) mass is 325 g/mol. The molecule has 3 rings (SSSR count). The molecule has 9 heteroatoms. The number of pyridine rings is 1. The van der Waals surface area contributed by atoms with Gasteiger partial charge >= 0.3 is 0 Å². The Morgan fingerprint density at radius 3 is 2.79 bits per heavy atom. The SMILES string of the molecule is CCCNc1nc(-c2ccn3nc(N)nc(NC)c23)ccc1N=N. The zero-order valence-electron chi connectivity index (χ0n) is 13.5. The van der Waals surface area contributed by atoms with Crippen molar-refractivity contribution in [1.82, 2.24) is 19.6 Å². The molecular formula is C15H19N9. The highest BCUT2D eigenvalue weighted by Crippen LogP contribution is 2.32. The van der Waals surface area contributed by atoms with Gasteiger partial charge in [-0.15, -0.1) is 5.10 Å². The third kappa shape index (κ3) is 2.71. The second-order valence-electron chi connectivity index (χ2n) is 5.19. The molecule has 0 fully saturated rings. The molecule has 0 aliphatic heterocycles. The number of fused-ring (bicyclic) bond motifs is 1. The average Bonchev–Trinajstić information content (AvgIpc) is 3.02. The quantitative estimate of drug-likeness (QED) is 0.516. The Bertz CT molecular complexity index is 884. The van der Waals surface area contributed by atoms with Gasteiger partial charge in [0.15, 0.2) is 11.6 Å². The molecule has 3 aromatic heterocycles. The summed E-state index contributed by atoms with van der Waals surface area (Å²) in [4.78, 5) is 8.85. The molecule has 0 aromatic carbocycles. The molecule has 0 saturated heterocycles. The van der Waals surface area contributed by atoms with Gasteiger partial charge in [-0.1, -0.05) is 6.92 Å². The van der Waals surface area contributed by atoms with E-state index in [-0.39, 0.29) is 5.95 Å². The number of nitrogens with one attached hydrogen (secondary N) is 3. The maximum atomic E-state index is 7.28. The van der Waals surface area contributed by atoms with E-state index in [9.17, 15) is 0 Å². The molecule has 5 N–H and O–H groups in total. The summed E-state index contributed by atoms with van der Waals surface area (Å²) < 4.78 is 1.67. The van der Waals surface area contributed by atoms with E-state index in [0.29, 0.717) is 17.3 Å². The van der Waals surface area contributed by atoms with Gasteiger partial charge in [0.1, 0.15) is 11.2 Å². The standard InChI is InChI=1S/C15H19N9/c1-3-7-19-13-11(22-17)5-4-10(20-13)9-6-8-24-12(9)14(18-2)21-15(16)23-24/h4-6,8,17H,3,7H2,1-2H3,(H,19,20)(H3,16,18,21,23). The van der Waals surface area contributed by atoms with Gasteiger partial charge in [0.25, 0.3) is 0 Å². The van der Waals surface area contributed by atoms with Crippen molar-refractivity contribution in [3.63, 3.8) is 0 Å². The molecule has 0 atom stereocenters. The summed E-state index contributed by atoms with van der Waals surface area (Å²) in [5.41, 5.74) is 15.9. The highest BCUT2D eigenvalue weighted by molar-refractivity contribution is 5.88. The van der Waals surface area contributed by atoms with Gasteiger partial charge in [0, 0.05) is 25.4 Å². The molecule has 0 saturated carbocycles. The Hall–Kier alpha value is -3.23. The molecule has 0 bridgehead atoms. The summed E-state index contributed by atoms with van der Waals surface area (Å²) in [6, 6.07) is 5.51. The predicted octanol–water partition coefficient (Wildman–Crippen LogP) is 2.90. The summed E-state index contributed by atoms with van der Waals surface area (Å²) in [7, 11) is 1.78. The molecule has 0 radical (unpaired) electrons. The summed E-state index contributed by atoms with van der Waals surface area (Å²) in [5, 5.41) is 13.9. The molecule has 0 spiro atoms. The third-order valence-electron chi connectivity index (χ3n) is 3.58. The molecule has 0 aliphatic carbocycles. The van der Waals surface area contributed by atoms with Crippen LogP contribution in [0, 0.1) is 5.53 Å². The van der Waals surface area contributed by atoms with Gasteiger partial charge in [-0.05, 0) is 24.6 Å².